The minimum atomic E-state index is 0.668. The molecule has 1 aromatic heterocycles. The molecule has 94 valence electrons. The van der Waals surface area contributed by atoms with Gasteiger partial charge in [-0.3, -0.25) is 0 Å². The van der Waals surface area contributed by atoms with E-state index in [1.165, 1.54) is 24.1 Å². The largest absolute Gasteiger partial charge is 0.302 e. The standard InChI is InChI=1S/C13H20ClN3/c1-4-9-5-6-10-11(7-9)15-12(8-17(2)3)16-13(10)14/h9H,4-8H2,1-3H3/t9-/m0/s1. The number of hydrogen-bond donors (Lipinski definition) is 0. The van der Waals surface area contributed by atoms with Crippen LogP contribution in [0.3, 0.4) is 0 Å². The summed E-state index contributed by atoms with van der Waals surface area (Å²) >= 11 is 6.25. The van der Waals surface area contributed by atoms with Crippen LogP contribution in [0.4, 0.5) is 0 Å². The average Bonchev–Trinajstić information content (AvgIpc) is 2.27. The lowest BCUT2D eigenvalue weighted by Crippen LogP contribution is -2.20. The maximum absolute atomic E-state index is 6.25. The second-order valence-corrected chi connectivity index (χ2v) is 5.47. The molecule has 0 spiro atoms. The molecule has 1 aromatic rings. The van der Waals surface area contributed by atoms with E-state index in [9.17, 15) is 0 Å². The number of fused-ring (bicyclic) bond motifs is 1. The van der Waals surface area contributed by atoms with Crippen LogP contribution in [-0.4, -0.2) is 29.0 Å². The van der Waals surface area contributed by atoms with Gasteiger partial charge in [0.2, 0.25) is 0 Å². The first-order valence-corrected chi connectivity index (χ1v) is 6.66. The molecular weight excluding hydrogens is 234 g/mol. The topological polar surface area (TPSA) is 29.0 Å². The fourth-order valence-corrected chi connectivity index (χ4v) is 2.69. The van der Waals surface area contributed by atoms with E-state index >= 15 is 0 Å². The van der Waals surface area contributed by atoms with Crippen LogP contribution in [0.25, 0.3) is 0 Å². The Morgan fingerprint density at radius 1 is 1.35 bits per heavy atom. The van der Waals surface area contributed by atoms with Crippen LogP contribution in [0.5, 0.6) is 0 Å². The van der Waals surface area contributed by atoms with E-state index in [1.807, 2.05) is 14.1 Å². The predicted octanol–water partition coefficient (Wildman–Crippen LogP) is 2.71. The first-order valence-electron chi connectivity index (χ1n) is 6.29. The number of nitrogens with zero attached hydrogens (tertiary/aromatic N) is 3. The van der Waals surface area contributed by atoms with Crippen molar-refractivity contribution in [2.75, 3.05) is 14.1 Å². The van der Waals surface area contributed by atoms with Crippen molar-refractivity contribution in [2.45, 2.75) is 39.2 Å². The molecule has 1 atom stereocenters. The lowest BCUT2D eigenvalue weighted by molar-refractivity contribution is 0.385. The summed E-state index contributed by atoms with van der Waals surface area (Å²) in [4.78, 5) is 11.1. The molecule has 1 aliphatic carbocycles. The molecule has 0 amide bonds. The lowest BCUT2D eigenvalue weighted by Gasteiger charge is -2.23. The zero-order valence-electron chi connectivity index (χ0n) is 10.8. The molecule has 0 radical (unpaired) electrons. The zero-order chi connectivity index (χ0) is 12.4. The van der Waals surface area contributed by atoms with Crippen LogP contribution in [0.1, 0.15) is 36.8 Å². The van der Waals surface area contributed by atoms with Gasteiger partial charge >= 0.3 is 0 Å². The molecule has 1 aliphatic rings. The van der Waals surface area contributed by atoms with Crippen LogP contribution in [0.2, 0.25) is 5.15 Å². The van der Waals surface area contributed by atoms with Gasteiger partial charge < -0.3 is 4.90 Å². The van der Waals surface area contributed by atoms with Crippen molar-refractivity contribution in [3.05, 3.63) is 22.2 Å². The van der Waals surface area contributed by atoms with Crippen molar-refractivity contribution in [3.8, 4) is 0 Å². The minimum Gasteiger partial charge on any atom is -0.302 e. The van der Waals surface area contributed by atoms with Gasteiger partial charge in [0, 0.05) is 11.3 Å². The molecule has 0 bridgehead atoms. The Kier molecular flexibility index (Phi) is 4.00. The van der Waals surface area contributed by atoms with E-state index < -0.39 is 0 Å². The monoisotopic (exact) mass is 253 g/mol. The Hall–Kier alpha value is -0.670. The van der Waals surface area contributed by atoms with Gasteiger partial charge in [0.25, 0.3) is 0 Å². The van der Waals surface area contributed by atoms with Crippen LogP contribution in [0, 0.1) is 5.92 Å². The second kappa shape index (κ2) is 5.32. The van der Waals surface area contributed by atoms with Gasteiger partial charge in [-0.15, -0.1) is 0 Å². The van der Waals surface area contributed by atoms with Gasteiger partial charge in [0.1, 0.15) is 11.0 Å². The Morgan fingerprint density at radius 2 is 2.12 bits per heavy atom. The number of hydrogen-bond acceptors (Lipinski definition) is 3. The molecule has 0 saturated carbocycles. The quantitative estimate of drug-likeness (QED) is 0.776. The predicted molar refractivity (Wildman–Crippen MR) is 70.2 cm³/mol. The van der Waals surface area contributed by atoms with E-state index in [0.29, 0.717) is 5.15 Å². The van der Waals surface area contributed by atoms with E-state index in [1.54, 1.807) is 0 Å². The van der Waals surface area contributed by atoms with Crippen molar-refractivity contribution in [2.24, 2.45) is 5.92 Å². The summed E-state index contributed by atoms with van der Waals surface area (Å²) in [6.45, 7) is 3.00. The highest BCUT2D eigenvalue weighted by Crippen LogP contribution is 2.30. The number of aromatic nitrogens is 2. The molecule has 17 heavy (non-hydrogen) atoms. The smallest absolute Gasteiger partial charge is 0.144 e. The third-order valence-electron chi connectivity index (χ3n) is 3.41. The molecule has 0 unspecified atom stereocenters. The normalized spacial score (nSPS) is 19.5. The van der Waals surface area contributed by atoms with E-state index in [2.05, 4.69) is 21.8 Å². The SMILES string of the molecule is CC[C@H]1CCc2c(Cl)nc(CN(C)C)nc2C1. The van der Waals surface area contributed by atoms with Gasteiger partial charge in [-0.2, -0.15) is 0 Å². The third-order valence-corrected chi connectivity index (χ3v) is 3.72. The second-order valence-electron chi connectivity index (χ2n) is 5.11. The van der Waals surface area contributed by atoms with E-state index in [-0.39, 0.29) is 0 Å². The van der Waals surface area contributed by atoms with E-state index in [0.717, 1.165) is 31.1 Å². The van der Waals surface area contributed by atoms with Gasteiger partial charge in [-0.25, -0.2) is 9.97 Å². The van der Waals surface area contributed by atoms with Gasteiger partial charge in [0.15, 0.2) is 0 Å². The molecule has 0 aliphatic heterocycles. The maximum Gasteiger partial charge on any atom is 0.144 e. The Bertz CT molecular complexity index is 404. The summed E-state index contributed by atoms with van der Waals surface area (Å²) in [7, 11) is 4.04. The molecule has 0 N–H and O–H groups in total. The van der Waals surface area contributed by atoms with Crippen LogP contribution < -0.4 is 0 Å². The van der Waals surface area contributed by atoms with Crippen LogP contribution in [-0.2, 0) is 19.4 Å². The fourth-order valence-electron chi connectivity index (χ4n) is 2.39. The first-order chi connectivity index (χ1) is 8.10. The maximum atomic E-state index is 6.25. The van der Waals surface area contributed by atoms with Gasteiger partial charge in [0.05, 0.1) is 6.54 Å². The van der Waals surface area contributed by atoms with Crippen molar-refractivity contribution in [1.29, 1.82) is 0 Å². The van der Waals surface area contributed by atoms with Crippen LogP contribution >= 0.6 is 11.6 Å². The molecule has 0 fully saturated rings. The molecule has 1 heterocycles. The molecular formula is C13H20ClN3. The summed E-state index contributed by atoms with van der Waals surface area (Å²) in [5.74, 6) is 1.61. The molecule has 0 saturated heterocycles. The zero-order valence-corrected chi connectivity index (χ0v) is 11.6. The Labute approximate surface area is 108 Å². The summed E-state index contributed by atoms with van der Waals surface area (Å²) in [5.41, 5.74) is 2.36. The third kappa shape index (κ3) is 2.96. The van der Waals surface area contributed by atoms with Crippen LogP contribution in [0.15, 0.2) is 0 Å². The summed E-state index contributed by atoms with van der Waals surface area (Å²) in [6, 6.07) is 0. The number of halogens is 1. The van der Waals surface area contributed by atoms with Gasteiger partial charge in [-0.05, 0) is 39.3 Å². The minimum absolute atomic E-state index is 0.668. The summed E-state index contributed by atoms with van der Waals surface area (Å²) < 4.78 is 0. The Balaban J connectivity index is 2.28. The van der Waals surface area contributed by atoms with Crippen molar-refractivity contribution >= 4 is 11.6 Å². The van der Waals surface area contributed by atoms with E-state index in [4.69, 9.17) is 11.6 Å². The van der Waals surface area contributed by atoms with Gasteiger partial charge in [-0.1, -0.05) is 24.9 Å². The highest BCUT2D eigenvalue weighted by atomic mass is 35.5. The fraction of sp³-hybridized carbons (Fsp3) is 0.692. The summed E-state index contributed by atoms with van der Waals surface area (Å²) in [6.07, 6.45) is 4.55. The molecule has 0 aromatic carbocycles. The highest BCUT2D eigenvalue weighted by Gasteiger charge is 2.22. The highest BCUT2D eigenvalue weighted by molar-refractivity contribution is 6.30. The van der Waals surface area contributed by atoms with Crippen molar-refractivity contribution in [3.63, 3.8) is 0 Å². The van der Waals surface area contributed by atoms with Crippen molar-refractivity contribution in [1.82, 2.24) is 14.9 Å². The first kappa shape index (κ1) is 12.8. The summed E-state index contributed by atoms with van der Waals surface area (Å²) in [5, 5.41) is 0.668. The Morgan fingerprint density at radius 3 is 2.76 bits per heavy atom. The number of rotatable bonds is 3. The average molecular weight is 254 g/mol. The van der Waals surface area contributed by atoms with Crippen molar-refractivity contribution < 1.29 is 0 Å². The molecule has 4 heteroatoms. The molecule has 3 nitrogen and oxygen atoms in total. The molecule has 2 rings (SSSR count). The lowest BCUT2D eigenvalue weighted by atomic mass is 9.86.